The van der Waals surface area contributed by atoms with Crippen LogP contribution in [0.15, 0.2) is 0 Å². The zero-order valence-electron chi connectivity index (χ0n) is 15.1. The first-order valence-electron chi connectivity index (χ1n) is 9.16. The average Bonchev–Trinajstić information content (AvgIpc) is 2.93. The second-order valence-electron chi connectivity index (χ2n) is 7.56. The van der Waals surface area contributed by atoms with Crippen molar-refractivity contribution in [2.24, 2.45) is 5.41 Å². The van der Waals surface area contributed by atoms with Gasteiger partial charge in [-0.1, -0.05) is 0 Å². The molecule has 1 spiro atoms. The molecule has 0 radical (unpaired) electrons. The smallest absolute Gasteiger partial charge is 0.409 e. The second kappa shape index (κ2) is 7.15. The van der Waals surface area contributed by atoms with Crippen molar-refractivity contribution in [1.82, 2.24) is 14.7 Å². The molecule has 3 aliphatic rings. The Balaban J connectivity index is 1.37. The van der Waals surface area contributed by atoms with Crippen molar-refractivity contribution in [3.63, 3.8) is 0 Å². The molecule has 3 rings (SSSR count). The maximum Gasteiger partial charge on any atom is 0.409 e. The normalized spacial score (nSPS) is 28.4. The lowest BCUT2D eigenvalue weighted by molar-refractivity contribution is -0.238. The van der Waals surface area contributed by atoms with Crippen LogP contribution in [0.5, 0.6) is 0 Å². The third-order valence-electron chi connectivity index (χ3n) is 5.83. The zero-order chi connectivity index (χ0) is 17.3. The van der Waals surface area contributed by atoms with Crippen LogP contribution in [-0.2, 0) is 9.47 Å². The van der Waals surface area contributed by atoms with Gasteiger partial charge >= 0.3 is 6.09 Å². The fourth-order valence-corrected chi connectivity index (χ4v) is 4.21. The van der Waals surface area contributed by atoms with Gasteiger partial charge in [-0.25, -0.2) is 4.79 Å². The summed E-state index contributed by atoms with van der Waals surface area (Å²) in [5.41, 5.74) is 0.354. The lowest BCUT2D eigenvalue weighted by Crippen LogP contribution is -2.61. The van der Waals surface area contributed by atoms with Gasteiger partial charge in [0.15, 0.2) is 0 Å². The summed E-state index contributed by atoms with van der Waals surface area (Å²) in [6, 6.07) is 0.593. The van der Waals surface area contributed by atoms with Gasteiger partial charge in [-0.15, -0.1) is 0 Å². The van der Waals surface area contributed by atoms with Gasteiger partial charge in [0.2, 0.25) is 6.41 Å². The van der Waals surface area contributed by atoms with E-state index in [-0.39, 0.29) is 12.2 Å². The van der Waals surface area contributed by atoms with Crippen LogP contribution < -0.4 is 0 Å². The van der Waals surface area contributed by atoms with E-state index in [4.69, 9.17) is 9.47 Å². The topological polar surface area (TPSA) is 65.5 Å². The van der Waals surface area contributed by atoms with Crippen molar-refractivity contribution in [1.29, 1.82) is 0 Å². The van der Waals surface area contributed by atoms with E-state index in [9.17, 15) is 9.90 Å². The molecule has 2 saturated heterocycles. The quantitative estimate of drug-likeness (QED) is 0.725. The van der Waals surface area contributed by atoms with Crippen LogP contribution in [-0.4, -0.2) is 90.8 Å². The minimum absolute atomic E-state index is 0.0423. The molecule has 2 heterocycles. The first-order chi connectivity index (χ1) is 11.5. The van der Waals surface area contributed by atoms with E-state index in [1.807, 2.05) is 18.7 Å². The first-order valence-corrected chi connectivity index (χ1v) is 9.16. The second-order valence-corrected chi connectivity index (χ2v) is 7.56. The Morgan fingerprint density at radius 1 is 1.38 bits per heavy atom. The van der Waals surface area contributed by atoms with E-state index in [0.717, 1.165) is 26.2 Å². The third kappa shape index (κ3) is 3.54. The molecule has 0 aromatic carbocycles. The molecule has 1 aliphatic carbocycles. The molecule has 24 heavy (non-hydrogen) atoms. The molecule has 0 bridgehead atoms. The number of likely N-dealkylation sites (tertiary alicyclic amines) is 2. The monoisotopic (exact) mass is 341 g/mol. The highest BCUT2D eigenvalue weighted by Crippen LogP contribution is 2.48. The number of carbonyl (C=O) groups excluding carboxylic acids is 1. The van der Waals surface area contributed by atoms with Crippen molar-refractivity contribution in [3.8, 4) is 0 Å². The number of ether oxygens (including phenoxy) is 2. The number of hydrogen-bond donors (Lipinski definition) is 1. The first kappa shape index (κ1) is 17.9. The number of aliphatic hydroxyl groups is 1. The molecular weight excluding hydrogens is 310 g/mol. The number of hydrogen-bond acceptors (Lipinski definition) is 6. The molecular formula is C17H31N3O4. The predicted molar refractivity (Wildman–Crippen MR) is 89.4 cm³/mol. The molecule has 3 fully saturated rings. The third-order valence-corrected chi connectivity index (χ3v) is 5.83. The summed E-state index contributed by atoms with van der Waals surface area (Å²) in [5.74, 6) is 0. The van der Waals surface area contributed by atoms with E-state index in [1.165, 1.54) is 19.3 Å². The summed E-state index contributed by atoms with van der Waals surface area (Å²) >= 11 is 0. The number of amides is 1. The number of rotatable bonds is 6. The van der Waals surface area contributed by atoms with Gasteiger partial charge in [0.05, 0.1) is 0 Å². The summed E-state index contributed by atoms with van der Waals surface area (Å²) < 4.78 is 10.7. The molecule has 7 heteroatoms. The van der Waals surface area contributed by atoms with E-state index < -0.39 is 6.41 Å². The SMILES string of the molecule is CCOC(O)N1CC2(CCC(N3CC(OC(=O)N(C)CC)C3)C2)C1. The molecule has 2 unspecified atom stereocenters. The Bertz CT molecular complexity index is 449. The van der Waals surface area contributed by atoms with Gasteiger partial charge < -0.3 is 19.5 Å². The number of aliphatic hydroxyl groups excluding tert-OH is 1. The molecule has 138 valence electrons. The van der Waals surface area contributed by atoms with Crippen LogP contribution in [0.2, 0.25) is 0 Å². The van der Waals surface area contributed by atoms with Crippen LogP contribution in [0.25, 0.3) is 0 Å². The average molecular weight is 341 g/mol. The van der Waals surface area contributed by atoms with Crippen LogP contribution in [0.4, 0.5) is 4.79 Å². The summed E-state index contributed by atoms with van der Waals surface area (Å²) in [5, 5.41) is 9.87. The maximum atomic E-state index is 11.8. The zero-order valence-corrected chi connectivity index (χ0v) is 15.1. The van der Waals surface area contributed by atoms with Gasteiger partial charge in [0.25, 0.3) is 0 Å². The van der Waals surface area contributed by atoms with Crippen molar-refractivity contribution in [2.75, 3.05) is 46.4 Å². The lowest BCUT2D eigenvalue weighted by atomic mass is 9.78. The molecule has 2 aliphatic heterocycles. The van der Waals surface area contributed by atoms with E-state index in [2.05, 4.69) is 4.90 Å². The summed E-state index contributed by atoms with van der Waals surface area (Å²) in [6.45, 7) is 8.62. The van der Waals surface area contributed by atoms with Crippen molar-refractivity contribution < 1.29 is 19.4 Å². The van der Waals surface area contributed by atoms with Gasteiger partial charge in [0.1, 0.15) is 6.10 Å². The van der Waals surface area contributed by atoms with Gasteiger partial charge in [-0.05, 0) is 38.5 Å². The minimum Gasteiger partial charge on any atom is -0.443 e. The molecule has 1 N–H and O–H groups in total. The van der Waals surface area contributed by atoms with E-state index in [1.54, 1.807) is 11.9 Å². The molecule has 1 saturated carbocycles. The summed E-state index contributed by atoms with van der Waals surface area (Å²) in [6.07, 6.45) is 2.67. The van der Waals surface area contributed by atoms with Gasteiger partial charge in [-0.2, -0.15) is 0 Å². The van der Waals surface area contributed by atoms with Crippen LogP contribution >= 0.6 is 0 Å². The Kier molecular flexibility index (Phi) is 5.34. The highest BCUT2D eigenvalue weighted by atomic mass is 16.6. The van der Waals surface area contributed by atoms with Crippen molar-refractivity contribution in [3.05, 3.63) is 0 Å². The van der Waals surface area contributed by atoms with Crippen LogP contribution in [0, 0.1) is 5.41 Å². The summed E-state index contributed by atoms with van der Waals surface area (Å²) in [7, 11) is 1.76. The highest BCUT2D eigenvalue weighted by molar-refractivity contribution is 5.67. The van der Waals surface area contributed by atoms with Crippen LogP contribution in [0.3, 0.4) is 0 Å². The molecule has 1 amide bonds. The van der Waals surface area contributed by atoms with Crippen LogP contribution in [0.1, 0.15) is 33.1 Å². The Hall–Kier alpha value is -0.890. The van der Waals surface area contributed by atoms with E-state index in [0.29, 0.717) is 24.6 Å². The standard InChI is InChI=1S/C17H31N3O4/c1-4-18(3)15(21)24-14-9-19(10-14)13-6-7-17(8-13)11-20(12-17)16(22)23-5-2/h13-14,16,22H,4-12H2,1-3H3. The Morgan fingerprint density at radius 2 is 2.08 bits per heavy atom. The van der Waals surface area contributed by atoms with Gasteiger partial charge in [-0.3, -0.25) is 9.80 Å². The summed E-state index contributed by atoms with van der Waals surface area (Å²) in [4.78, 5) is 17.8. The molecule has 0 aromatic rings. The molecule has 0 aromatic heterocycles. The Labute approximate surface area is 144 Å². The maximum absolute atomic E-state index is 11.8. The minimum atomic E-state index is -0.747. The lowest BCUT2D eigenvalue weighted by Gasteiger charge is -2.50. The largest absolute Gasteiger partial charge is 0.443 e. The highest BCUT2D eigenvalue weighted by Gasteiger charge is 2.52. The number of nitrogens with zero attached hydrogens (tertiary/aromatic N) is 3. The Morgan fingerprint density at radius 3 is 2.71 bits per heavy atom. The molecule has 2 atom stereocenters. The van der Waals surface area contributed by atoms with E-state index >= 15 is 0 Å². The molecule has 7 nitrogen and oxygen atoms in total. The fourth-order valence-electron chi connectivity index (χ4n) is 4.21. The van der Waals surface area contributed by atoms with Crippen molar-refractivity contribution >= 4 is 6.09 Å². The van der Waals surface area contributed by atoms with Crippen molar-refractivity contribution in [2.45, 2.75) is 51.7 Å². The fraction of sp³-hybridized carbons (Fsp3) is 0.941. The number of carbonyl (C=O) groups is 1. The van der Waals surface area contributed by atoms with Gasteiger partial charge in [0, 0.05) is 52.4 Å². The predicted octanol–water partition coefficient (Wildman–Crippen LogP) is 0.926.